The van der Waals surface area contributed by atoms with Crippen LogP contribution in [0.2, 0.25) is 0 Å². The van der Waals surface area contributed by atoms with E-state index in [-0.39, 0.29) is 11.2 Å². The molecule has 0 aliphatic carbocycles. The third-order valence-electron chi connectivity index (χ3n) is 2.63. The first kappa shape index (κ1) is 12.1. The van der Waals surface area contributed by atoms with Gasteiger partial charge in [0.25, 0.3) is 0 Å². The van der Waals surface area contributed by atoms with Crippen molar-refractivity contribution in [2.24, 2.45) is 5.41 Å². The Morgan fingerprint density at radius 3 is 2.65 bits per heavy atom. The average Bonchev–Trinajstić information content (AvgIpc) is 2.57. The van der Waals surface area contributed by atoms with E-state index in [0.717, 1.165) is 0 Å². The second-order valence-corrected chi connectivity index (χ2v) is 5.61. The van der Waals surface area contributed by atoms with E-state index >= 15 is 0 Å². The van der Waals surface area contributed by atoms with E-state index in [1.54, 1.807) is 12.1 Å². The normalized spacial score (nSPS) is 14.2. The minimum atomic E-state index is -0.648. The van der Waals surface area contributed by atoms with Gasteiger partial charge < -0.3 is 9.52 Å². The van der Waals surface area contributed by atoms with E-state index in [4.69, 9.17) is 4.42 Å². The zero-order valence-corrected chi connectivity index (χ0v) is 10.3. The molecule has 1 atom stereocenters. The number of benzene rings is 1. The van der Waals surface area contributed by atoms with Crippen LogP contribution in [-0.4, -0.2) is 5.11 Å². The minimum Gasteiger partial charge on any atom is -0.458 e. The molecule has 92 valence electrons. The van der Waals surface area contributed by atoms with Crippen LogP contribution in [0.1, 0.15) is 39.1 Å². The van der Waals surface area contributed by atoms with Crippen molar-refractivity contribution in [2.45, 2.75) is 33.3 Å². The number of hydrogen-bond acceptors (Lipinski definition) is 2. The quantitative estimate of drug-likeness (QED) is 0.853. The molecule has 0 radical (unpaired) electrons. The van der Waals surface area contributed by atoms with Gasteiger partial charge in [0, 0.05) is 5.39 Å². The summed E-state index contributed by atoms with van der Waals surface area (Å²) in [6.07, 6.45) is -0.0413. The molecule has 0 bridgehead atoms. The summed E-state index contributed by atoms with van der Waals surface area (Å²) in [7, 11) is 0. The molecule has 1 aromatic heterocycles. The lowest BCUT2D eigenvalue weighted by Crippen LogP contribution is -2.10. The van der Waals surface area contributed by atoms with E-state index in [0.29, 0.717) is 23.2 Å². The molecule has 3 heteroatoms. The van der Waals surface area contributed by atoms with Gasteiger partial charge in [0.05, 0.1) is 0 Å². The van der Waals surface area contributed by atoms with Crippen LogP contribution in [0.15, 0.2) is 28.7 Å². The van der Waals surface area contributed by atoms with E-state index in [2.05, 4.69) is 20.8 Å². The van der Waals surface area contributed by atoms with Crippen molar-refractivity contribution in [2.75, 3.05) is 0 Å². The molecule has 1 unspecified atom stereocenters. The highest BCUT2D eigenvalue weighted by Gasteiger charge is 2.21. The molecule has 0 fully saturated rings. The lowest BCUT2D eigenvalue weighted by atomic mass is 9.88. The number of fused-ring (bicyclic) bond motifs is 1. The summed E-state index contributed by atoms with van der Waals surface area (Å²) in [5, 5.41) is 10.7. The van der Waals surface area contributed by atoms with Crippen LogP contribution in [0.3, 0.4) is 0 Å². The fourth-order valence-electron chi connectivity index (χ4n) is 1.88. The maximum absolute atomic E-state index is 13.0. The second kappa shape index (κ2) is 4.15. The van der Waals surface area contributed by atoms with Gasteiger partial charge in [-0.05, 0) is 36.1 Å². The predicted molar refractivity (Wildman–Crippen MR) is 65.2 cm³/mol. The highest BCUT2D eigenvalue weighted by molar-refractivity contribution is 5.77. The topological polar surface area (TPSA) is 33.4 Å². The highest BCUT2D eigenvalue weighted by Crippen LogP contribution is 2.32. The number of aliphatic hydroxyl groups excluding tert-OH is 1. The van der Waals surface area contributed by atoms with Gasteiger partial charge in [0.2, 0.25) is 0 Å². The number of rotatable bonds is 2. The Labute approximate surface area is 100 Å². The van der Waals surface area contributed by atoms with Crippen molar-refractivity contribution in [1.82, 2.24) is 0 Å². The molecule has 2 rings (SSSR count). The van der Waals surface area contributed by atoms with Crippen molar-refractivity contribution in [3.8, 4) is 0 Å². The zero-order valence-electron chi connectivity index (χ0n) is 10.3. The standard InChI is InChI=1S/C14H17FO2/c1-14(2,3)8-11(16)13-7-9-6-10(15)4-5-12(9)17-13/h4-7,11,16H,8H2,1-3H3. The van der Waals surface area contributed by atoms with Crippen molar-refractivity contribution in [3.05, 3.63) is 35.8 Å². The van der Waals surface area contributed by atoms with Gasteiger partial charge in [-0.3, -0.25) is 0 Å². The maximum atomic E-state index is 13.0. The Bertz CT molecular complexity index is 522. The monoisotopic (exact) mass is 236 g/mol. The van der Waals surface area contributed by atoms with Crippen LogP contribution >= 0.6 is 0 Å². The van der Waals surface area contributed by atoms with Gasteiger partial charge in [-0.1, -0.05) is 20.8 Å². The summed E-state index contributed by atoms with van der Waals surface area (Å²) < 4.78 is 18.5. The van der Waals surface area contributed by atoms with Crippen LogP contribution in [0.5, 0.6) is 0 Å². The molecule has 1 N–H and O–H groups in total. The first-order chi connectivity index (χ1) is 7.85. The Kier molecular flexibility index (Phi) is 2.96. The molecule has 0 aliphatic rings. The largest absolute Gasteiger partial charge is 0.458 e. The fourth-order valence-corrected chi connectivity index (χ4v) is 1.88. The lowest BCUT2D eigenvalue weighted by molar-refractivity contribution is 0.102. The lowest BCUT2D eigenvalue weighted by Gasteiger charge is -2.20. The van der Waals surface area contributed by atoms with Crippen molar-refractivity contribution < 1.29 is 13.9 Å². The summed E-state index contributed by atoms with van der Waals surface area (Å²) >= 11 is 0. The summed E-state index contributed by atoms with van der Waals surface area (Å²) in [4.78, 5) is 0. The van der Waals surface area contributed by atoms with Gasteiger partial charge in [0.15, 0.2) is 0 Å². The first-order valence-corrected chi connectivity index (χ1v) is 5.72. The van der Waals surface area contributed by atoms with Gasteiger partial charge >= 0.3 is 0 Å². The number of halogens is 1. The molecule has 2 nitrogen and oxygen atoms in total. The first-order valence-electron chi connectivity index (χ1n) is 5.72. The average molecular weight is 236 g/mol. The van der Waals surface area contributed by atoms with Crippen LogP contribution in [0, 0.1) is 11.2 Å². The molecule has 0 saturated carbocycles. The van der Waals surface area contributed by atoms with E-state index < -0.39 is 6.10 Å². The van der Waals surface area contributed by atoms with Crippen molar-refractivity contribution >= 4 is 11.0 Å². The molecular formula is C14H17FO2. The SMILES string of the molecule is CC(C)(C)CC(O)c1cc2cc(F)ccc2o1. The minimum absolute atomic E-state index is 0.0175. The van der Waals surface area contributed by atoms with E-state index in [9.17, 15) is 9.50 Å². The van der Waals surface area contributed by atoms with E-state index in [1.165, 1.54) is 12.1 Å². The fraction of sp³-hybridized carbons (Fsp3) is 0.429. The molecule has 0 spiro atoms. The van der Waals surface area contributed by atoms with Gasteiger partial charge in [-0.2, -0.15) is 0 Å². The third kappa shape index (κ3) is 2.86. The summed E-state index contributed by atoms with van der Waals surface area (Å²) in [6, 6.07) is 6.05. The van der Waals surface area contributed by atoms with Gasteiger partial charge in [0.1, 0.15) is 23.3 Å². The molecule has 0 aliphatic heterocycles. The Morgan fingerprint density at radius 2 is 2.00 bits per heavy atom. The molecule has 17 heavy (non-hydrogen) atoms. The summed E-state index contributed by atoms with van der Waals surface area (Å²) in [5.41, 5.74) is 0.623. The van der Waals surface area contributed by atoms with Crippen LogP contribution < -0.4 is 0 Å². The predicted octanol–water partition coefficient (Wildman–Crippen LogP) is 4.04. The number of furan rings is 1. The van der Waals surface area contributed by atoms with Crippen molar-refractivity contribution in [1.29, 1.82) is 0 Å². The maximum Gasteiger partial charge on any atom is 0.134 e. The van der Waals surface area contributed by atoms with Crippen molar-refractivity contribution in [3.63, 3.8) is 0 Å². The molecule has 2 aromatic rings. The molecule has 0 saturated heterocycles. The summed E-state index contributed by atoms with van der Waals surface area (Å²) in [6.45, 7) is 6.16. The molecule has 1 heterocycles. The zero-order chi connectivity index (χ0) is 12.6. The molecular weight excluding hydrogens is 219 g/mol. The smallest absolute Gasteiger partial charge is 0.134 e. The second-order valence-electron chi connectivity index (χ2n) is 5.61. The Morgan fingerprint density at radius 1 is 1.29 bits per heavy atom. The van der Waals surface area contributed by atoms with Crippen LogP contribution in [-0.2, 0) is 0 Å². The van der Waals surface area contributed by atoms with E-state index in [1.807, 2.05) is 0 Å². The molecule has 0 amide bonds. The summed E-state index contributed by atoms with van der Waals surface area (Å²) in [5.74, 6) is 0.204. The van der Waals surface area contributed by atoms with Gasteiger partial charge in [-0.25, -0.2) is 4.39 Å². The third-order valence-corrected chi connectivity index (χ3v) is 2.63. The van der Waals surface area contributed by atoms with Crippen LogP contribution in [0.4, 0.5) is 4.39 Å². The Hall–Kier alpha value is -1.35. The highest BCUT2D eigenvalue weighted by atomic mass is 19.1. The van der Waals surface area contributed by atoms with Gasteiger partial charge in [-0.15, -0.1) is 0 Å². The number of hydrogen-bond donors (Lipinski definition) is 1. The molecule has 1 aromatic carbocycles. The van der Waals surface area contributed by atoms with Crippen LogP contribution in [0.25, 0.3) is 11.0 Å². The number of aliphatic hydroxyl groups is 1. The Balaban J connectivity index is 2.30.